The predicted octanol–water partition coefficient (Wildman–Crippen LogP) is 4.29. The average molecular weight is 663 g/mol. The fraction of sp³-hybridized carbons (Fsp3) is 0.306. The molecule has 49 heavy (non-hydrogen) atoms. The van der Waals surface area contributed by atoms with E-state index in [4.69, 9.17) is 9.47 Å². The van der Waals surface area contributed by atoms with Crippen molar-refractivity contribution in [1.29, 1.82) is 0 Å². The SMILES string of the molecule is CC(O)c1ncc(Oc2ccc(C(C)c3ccc(OC4CC(Nc5ccc6c(c5)C(=O)N(C5CCC(=O)NC5=O)C6=O)C4)cn3)cc2)cn1. The van der Waals surface area contributed by atoms with Crippen LogP contribution in [0.2, 0.25) is 0 Å². The van der Waals surface area contributed by atoms with E-state index in [0.29, 0.717) is 28.8 Å². The Morgan fingerprint density at radius 2 is 1.55 bits per heavy atom. The fourth-order valence-electron chi connectivity index (χ4n) is 6.21. The Bertz CT molecular complexity index is 1910. The summed E-state index contributed by atoms with van der Waals surface area (Å²) in [6.45, 7) is 3.69. The van der Waals surface area contributed by atoms with Crippen molar-refractivity contribution in [3.63, 3.8) is 0 Å². The van der Waals surface area contributed by atoms with Crippen molar-refractivity contribution in [3.05, 3.63) is 101 Å². The second-order valence-corrected chi connectivity index (χ2v) is 12.5. The van der Waals surface area contributed by atoms with Gasteiger partial charge in [-0.05, 0) is 61.4 Å². The zero-order chi connectivity index (χ0) is 34.2. The molecule has 2 aromatic heterocycles. The molecule has 250 valence electrons. The van der Waals surface area contributed by atoms with Crippen molar-refractivity contribution in [2.24, 2.45) is 0 Å². The first-order valence-corrected chi connectivity index (χ1v) is 16.2. The number of rotatable bonds is 10. The molecule has 1 saturated carbocycles. The minimum absolute atomic E-state index is 0.00409. The smallest absolute Gasteiger partial charge is 0.262 e. The summed E-state index contributed by atoms with van der Waals surface area (Å²) in [6, 6.07) is 15.7. The first kappa shape index (κ1) is 31.9. The first-order chi connectivity index (χ1) is 23.6. The molecule has 2 aromatic carbocycles. The van der Waals surface area contributed by atoms with E-state index in [0.717, 1.165) is 29.0 Å². The van der Waals surface area contributed by atoms with Crippen molar-refractivity contribution in [2.45, 2.75) is 69.7 Å². The minimum atomic E-state index is -0.992. The number of carbonyl (C=O) groups excluding carboxylic acids is 4. The number of ether oxygens (including phenoxy) is 2. The number of anilines is 1. The van der Waals surface area contributed by atoms with E-state index in [1.807, 2.05) is 36.4 Å². The Morgan fingerprint density at radius 3 is 2.22 bits per heavy atom. The lowest BCUT2D eigenvalue weighted by molar-refractivity contribution is -0.136. The van der Waals surface area contributed by atoms with E-state index in [1.165, 1.54) is 12.4 Å². The van der Waals surface area contributed by atoms with Gasteiger partial charge in [-0.15, -0.1) is 0 Å². The van der Waals surface area contributed by atoms with E-state index in [1.54, 1.807) is 31.3 Å². The zero-order valence-corrected chi connectivity index (χ0v) is 26.8. The minimum Gasteiger partial charge on any atom is -0.489 e. The molecule has 7 rings (SSSR count). The maximum absolute atomic E-state index is 13.1. The van der Waals surface area contributed by atoms with Crippen LogP contribution < -0.4 is 20.1 Å². The van der Waals surface area contributed by atoms with Gasteiger partial charge in [0.2, 0.25) is 11.8 Å². The summed E-state index contributed by atoms with van der Waals surface area (Å²) >= 11 is 0. The van der Waals surface area contributed by atoms with Crippen LogP contribution in [-0.4, -0.2) is 66.8 Å². The highest BCUT2D eigenvalue weighted by atomic mass is 16.5. The Hall–Kier alpha value is -5.69. The predicted molar refractivity (Wildman–Crippen MR) is 175 cm³/mol. The summed E-state index contributed by atoms with van der Waals surface area (Å²) < 4.78 is 12.0. The Morgan fingerprint density at radius 1 is 0.857 bits per heavy atom. The molecule has 2 fully saturated rings. The number of nitrogens with zero attached hydrogens (tertiary/aromatic N) is 4. The second-order valence-electron chi connectivity index (χ2n) is 12.5. The number of piperidine rings is 1. The van der Waals surface area contributed by atoms with Crippen LogP contribution in [0, 0.1) is 0 Å². The monoisotopic (exact) mass is 662 g/mol. The molecule has 13 nitrogen and oxygen atoms in total. The number of nitrogens with one attached hydrogen (secondary N) is 2. The molecule has 3 atom stereocenters. The Balaban J connectivity index is 0.892. The highest BCUT2D eigenvalue weighted by Crippen LogP contribution is 2.33. The maximum Gasteiger partial charge on any atom is 0.262 e. The van der Waals surface area contributed by atoms with E-state index in [-0.39, 0.29) is 42.0 Å². The lowest BCUT2D eigenvalue weighted by Crippen LogP contribution is -2.54. The van der Waals surface area contributed by atoms with Gasteiger partial charge in [-0.25, -0.2) is 9.97 Å². The standard InChI is InChI=1S/C36H34N6O7/c1-19(21-3-6-24(7-4-21)48-27-17-38-33(20(2)43)39-18-27)30-10-8-25(16-37-30)49-26-13-23(14-26)40-22-5-9-28-29(15-22)36(47)42(35(28)46)31-11-12-32(44)41-34(31)45/h3-10,15-20,23,26,31,40,43H,11-14H2,1-2H3,(H,41,44,45). The third-order valence-electron chi connectivity index (χ3n) is 9.05. The molecule has 0 radical (unpaired) electrons. The lowest BCUT2D eigenvalue weighted by atomic mass is 9.89. The molecule has 1 aliphatic carbocycles. The van der Waals surface area contributed by atoms with Crippen LogP contribution in [0.5, 0.6) is 17.2 Å². The number of hydrogen-bond acceptors (Lipinski definition) is 11. The van der Waals surface area contributed by atoms with E-state index >= 15 is 0 Å². The van der Waals surface area contributed by atoms with Gasteiger partial charge < -0.3 is 19.9 Å². The van der Waals surface area contributed by atoms with Crippen molar-refractivity contribution in [2.75, 3.05) is 5.32 Å². The average Bonchev–Trinajstić information content (AvgIpc) is 3.32. The van der Waals surface area contributed by atoms with Gasteiger partial charge in [0.25, 0.3) is 11.8 Å². The van der Waals surface area contributed by atoms with Gasteiger partial charge in [-0.3, -0.25) is 34.4 Å². The molecule has 3 aliphatic rings. The van der Waals surface area contributed by atoms with Gasteiger partial charge in [0, 0.05) is 42.6 Å². The Labute approximate surface area is 281 Å². The first-order valence-electron chi connectivity index (χ1n) is 16.2. The fourth-order valence-corrected chi connectivity index (χ4v) is 6.21. The molecule has 3 unspecified atom stereocenters. The molecular weight excluding hydrogens is 628 g/mol. The van der Waals surface area contributed by atoms with E-state index in [9.17, 15) is 24.3 Å². The third kappa shape index (κ3) is 6.57. The summed E-state index contributed by atoms with van der Waals surface area (Å²) in [7, 11) is 0. The number of benzene rings is 2. The van der Waals surface area contributed by atoms with Crippen LogP contribution in [0.25, 0.3) is 0 Å². The van der Waals surface area contributed by atoms with Crippen LogP contribution in [0.15, 0.2) is 73.2 Å². The van der Waals surface area contributed by atoms with Crippen molar-refractivity contribution in [3.8, 4) is 17.2 Å². The summed E-state index contributed by atoms with van der Waals surface area (Å²) in [6.07, 6.45) is 5.74. The summed E-state index contributed by atoms with van der Waals surface area (Å²) in [4.78, 5) is 63.7. The summed E-state index contributed by atoms with van der Waals surface area (Å²) in [5, 5.41) is 15.2. The van der Waals surface area contributed by atoms with Crippen molar-refractivity contribution in [1.82, 2.24) is 25.2 Å². The molecule has 13 heteroatoms. The topological polar surface area (TPSA) is 173 Å². The number of pyridine rings is 1. The molecule has 1 saturated heterocycles. The number of carbonyl (C=O) groups is 4. The maximum atomic E-state index is 13.1. The highest BCUT2D eigenvalue weighted by Gasteiger charge is 2.44. The number of aliphatic hydroxyl groups is 1. The van der Waals surface area contributed by atoms with Crippen LogP contribution >= 0.6 is 0 Å². The molecule has 0 spiro atoms. The number of aliphatic hydroxyl groups excluding tert-OH is 1. The van der Waals surface area contributed by atoms with Gasteiger partial charge in [0.1, 0.15) is 29.7 Å². The molecular formula is C36H34N6O7. The number of imide groups is 2. The number of hydrogen-bond donors (Lipinski definition) is 3. The zero-order valence-electron chi connectivity index (χ0n) is 26.8. The molecule has 3 N–H and O–H groups in total. The van der Waals surface area contributed by atoms with Gasteiger partial charge in [-0.2, -0.15) is 0 Å². The normalized spacial score (nSPS) is 21.4. The van der Waals surface area contributed by atoms with Crippen LogP contribution in [-0.2, 0) is 9.59 Å². The van der Waals surface area contributed by atoms with Gasteiger partial charge in [-0.1, -0.05) is 19.1 Å². The van der Waals surface area contributed by atoms with Crippen LogP contribution in [0.3, 0.4) is 0 Å². The van der Waals surface area contributed by atoms with Gasteiger partial charge >= 0.3 is 0 Å². The molecule has 0 bridgehead atoms. The second kappa shape index (κ2) is 13.1. The molecule has 4 heterocycles. The van der Waals surface area contributed by atoms with Crippen molar-refractivity contribution < 1.29 is 33.8 Å². The van der Waals surface area contributed by atoms with E-state index < -0.39 is 35.8 Å². The summed E-state index contributed by atoms with van der Waals surface area (Å²) in [5.74, 6) is 0.0921. The quantitative estimate of drug-likeness (QED) is 0.207. The number of amides is 4. The summed E-state index contributed by atoms with van der Waals surface area (Å²) in [5.41, 5.74) is 3.17. The molecule has 4 aromatic rings. The Kier molecular flexibility index (Phi) is 8.51. The highest BCUT2D eigenvalue weighted by molar-refractivity contribution is 6.23. The third-order valence-corrected chi connectivity index (χ3v) is 9.05. The largest absolute Gasteiger partial charge is 0.489 e. The number of fused-ring (bicyclic) bond motifs is 1. The van der Waals surface area contributed by atoms with Crippen LogP contribution in [0.4, 0.5) is 5.69 Å². The van der Waals surface area contributed by atoms with Crippen LogP contribution in [0.1, 0.15) is 89.4 Å². The molecule has 2 aliphatic heterocycles. The van der Waals surface area contributed by atoms with E-state index in [2.05, 4.69) is 32.5 Å². The lowest BCUT2D eigenvalue weighted by Gasteiger charge is -2.36. The molecule has 4 amide bonds. The number of aromatic nitrogens is 3. The van der Waals surface area contributed by atoms with Gasteiger partial charge in [0.15, 0.2) is 11.6 Å². The van der Waals surface area contributed by atoms with Crippen molar-refractivity contribution >= 4 is 29.3 Å². The van der Waals surface area contributed by atoms with Gasteiger partial charge in [0.05, 0.1) is 29.7 Å².